The first-order valence-corrected chi connectivity index (χ1v) is 27.0. The molecule has 0 N–H and O–H groups in total. The van der Waals surface area contributed by atoms with E-state index in [1.165, 1.54) is 58.8 Å². The summed E-state index contributed by atoms with van der Waals surface area (Å²) in [5, 5.41) is 6.22. The number of hydrogen-bond donors (Lipinski definition) is 0. The van der Waals surface area contributed by atoms with Crippen molar-refractivity contribution >= 4 is 53.3 Å². The summed E-state index contributed by atoms with van der Waals surface area (Å²) in [6.45, 7) is 29.9. The molecular formula is C27H46N2Si4. The molecule has 0 aliphatic heterocycles. The van der Waals surface area contributed by atoms with E-state index in [9.17, 15) is 0 Å². The number of rotatable bonds is 4. The van der Waals surface area contributed by atoms with Crippen molar-refractivity contribution in [3.05, 3.63) is 34.6 Å². The summed E-state index contributed by atoms with van der Waals surface area (Å²) in [6, 6.07) is 5.23. The minimum absolute atomic E-state index is 0.0589. The van der Waals surface area contributed by atoms with Gasteiger partial charge in [0, 0.05) is 10.6 Å². The molecule has 2 nitrogen and oxygen atoms in total. The standard InChI is InChI=1S/C27H46N2Si4/c1-30(2,3)21-17-19-13-15-27(23(19)28-25(21)32(7,8)9)16-14-20-18-22(31(4,5)6)26(29-24(20)27)33(10,11)12/h17-18H,13-16H2,1-12H3. The molecule has 2 aromatic rings. The zero-order chi connectivity index (χ0) is 24.8. The van der Waals surface area contributed by atoms with Crippen LogP contribution in [0.5, 0.6) is 0 Å². The van der Waals surface area contributed by atoms with E-state index < -0.39 is 32.3 Å². The maximum atomic E-state index is 5.66. The molecule has 0 saturated carbocycles. The van der Waals surface area contributed by atoms with Gasteiger partial charge in [-0.25, -0.2) is 0 Å². The van der Waals surface area contributed by atoms with Crippen LogP contribution in [0.4, 0.5) is 0 Å². The maximum absolute atomic E-state index is 5.66. The predicted octanol–water partition coefficient (Wildman–Crippen LogP) is 4.84. The molecule has 2 aliphatic rings. The molecule has 2 aliphatic carbocycles. The zero-order valence-corrected chi connectivity index (χ0v) is 27.4. The van der Waals surface area contributed by atoms with E-state index in [1.807, 2.05) is 0 Å². The van der Waals surface area contributed by atoms with Crippen molar-refractivity contribution in [2.75, 3.05) is 0 Å². The smallest absolute Gasteiger partial charge is 0.101 e. The van der Waals surface area contributed by atoms with E-state index in [0.29, 0.717) is 0 Å². The van der Waals surface area contributed by atoms with Gasteiger partial charge in [-0.2, -0.15) is 0 Å². The lowest BCUT2D eigenvalue weighted by Gasteiger charge is -2.32. The third kappa shape index (κ3) is 4.23. The molecule has 0 radical (unpaired) electrons. The van der Waals surface area contributed by atoms with Gasteiger partial charge in [0.15, 0.2) is 0 Å². The fourth-order valence-corrected chi connectivity index (χ4v) is 15.9. The third-order valence-corrected chi connectivity index (χ3v) is 15.9. The van der Waals surface area contributed by atoms with Gasteiger partial charge in [-0.15, -0.1) is 0 Å². The molecule has 180 valence electrons. The molecule has 6 heteroatoms. The summed E-state index contributed by atoms with van der Waals surface area (Å²) in [7, 11) is -6.00. The second kappa shape index (κ2) is 7.58. The monoisotopic (exact) mass is 510 g/mol. The Morgan fingerprint density at radius 2 is 0.879 bits per heavy atom. The summed E-state index contributed by atoms with van der Waals surface area (Å²) >= 11 is 0. The van der Waals surface area contributed by atoms with Gasteiger partial charge in [-0.3, -0.25) is 9.97 Å². The average molecular weight is 511 g/mol. The lowest BCUT2D eigenvalue weighted by atomic mass is 9.82. The van der Waals surface area contributed by atoms with E-state index in [0.717, 1.165) is 0 Å². The molecule has 0 saturated heterocycles. The fraction of sp³-hybridized carbons (Fsp3) is 0.630. The summed E-state index contributed by atoms with van der Waals surface area (Å²) < 4.78 is 0. The highest BCUT2D eigenvalue weighted by atomic mass is 28.3. The summed E-state index contributed by atoms with van der Waals surface area (Å²) in [4.78, 5) is 11.3. The normalized spacial score (nSPS) is 18.1. The van der Waals surface area contributed by atoms with Crippen LogP contribution in [0.2, 0.25) is 78.6 Å². The fourth-order valence-electron chi connectivity index (χ4n) is 6.01. The highest BCUT2D eigenvalue weighted by Gasteiger charge is 2.49. The van der Waals surface area contributed by atoms with E-state index in [-0.39, 0.29) is 5.41 Å². The number of pyridine rings is 2. The van der Waals surface area contributed by atoms with Crippen molar-refractivity contribution in [1.82, 2.24) is 9.97 Å². The Morgan fingerprint density at radius 1 is 0.545 bits per heavy atom. The quantitative estimate of drug-likeness (QED) is 0.550. The van der Waals surface area contributed by atoms with Gasteiger partial charge >= 0.3 is 0 Å². The molecule has 1 spiro atoms. The summed E-state index contributed by atoms with van der Waals surface area (Å²) in [5.74, 6) is 0. The maximum Gasteiger partial charge on any atom is 0.101 e. The van der Waals surface area contributed by atoms with Gasteiger partial charge in [-0.05, 0) is 47.2 Å². The Bertz CT molecular complexity index is 1020. The first kappa shape index (κ1) is 25.3. The van der Waals surface area contributed by atoms with Gasteiger partial charge in [0.1, 0.15) is 16.1 Å². The average Bonchev–Trinajstić information content (AvgIpc) is 3.19. The van der Waals surface area contributed by atoms with E-state index in [4.69, 9.17) is 9.97 Å². The molecule has 33 heavy (non-hydrogen) atoms. The van der Waals surface area contributed by atoms with Crippen LogP contribution in [0, 0.1) is 0 Å². The molecule has 2 aromatic heterocycles. The van der Waals surface area contributed by atoms with Crippen LogP contribution in [0.15, 0.2) is 12.1 Å². The molecule has 0 atom stereocenters. The number of fused-ring (bicyclic) bond motifs is 4. The van der Waals surface area contributed by atoms with E-state index >= 15 is 0 Å². The lowest BCUT2D eigenvalue weighted by Crippen LogP contribution is -2.59. The Kier molecular flexibility index (Phi) is 5.80. The molecule has 0 amide bonds. The van der Waals surface area contributed by atoms with Crippen LogP contribution in [-0.2, 0) is 18.3 Å². The van der Waals surface area contributed by atoms with E-state index in [2.05, 4.69) is 90.7 Å². The SMILES string of the molecule is C[Si](C)(C)c1cc2c(nc1[Si](C)(C)C)C1(CC2)CCc2cc([Si](C)(C)C)c([Si](C)(C)C)nc21. The Hall–Kier alpha value is -0.832. The minimum atomic E-state index is -1.55. The Labute approximate surface area is 207 Å². The second-order valence-corrected chi connectivity index (χ2v) is 34.9. The number of aryl methyl sites for hydroxylation is 2. The van der Waals surface area contributed by atoms with Crippen molar-refractivity contribution < 1.29 is 0 Å². The van der Waals surface area contributed by atoms with Crippen LogP contribution in [0.3, 0.4) is 0 Å². The highest BCUT2D eigenvalue weighted by molar-refractivity contribution is 6.98. The Morgan fingerprint density at radius 3 is 1.15 bits per heavy atom. The van der Waals surface area contributed by atoms with Crippen LogP contribution in [0.25, 0.3) is 0 Å². The van der Waals surface area contributed by atoms with Gasteiger partial charge in [0.05, 0.1) is 33.0 Å². The summed E-state index contributed by atoms with van der Waals surface area (Å²) in [6.07, 6.45) is 4.75. The first-order chi connectivity index (χ1) is 14.9. The first-order valence-electron chi connectivity index (χ1n) is 13.0. The van der Waals surface area contributed by atoms with Crippen molar-refractivity contribution in [3.63, 3.8) is 0 Å². The van der Waals surface area contributed by atoms with Crippen molar-refractivity contribution in [2.45, 2.75) is 110 Å². The molecule has 2 heterocycles. The Balaban J connectivity index is 1.98. The van der Waals surface area contributed by atoms with Crippen molar-refractivity contribution in [2.24, 2.45) is 0 Å². The molecule has 0 aromatic carbocycles. The largest absolute Gasteiger partial charge is 0.262 e. The van der Waals surface area contributed by atoms with Crippen molar-refractivity contribution in [3.8, 4) is 0 Å². The predicted molar refractivity (Wildman–Crippen MR) is 158 cm³/mol. The molecule has 0 bridgehead atoms. The summed E-state index contributed by atoms with van der Waals surface area (Å²) in [5.41, 5.74) is 5.95. The second-order valence-electron chi connectivity index (χ2n) is 14.9. The van der Waals surface area contributed by atoms with Crippen LogP contribution in [-0.4, -0.2) is 42.3 Å². The van der Waals surface area contributed by atoms with Crippen LogP contribution >= 0.6 is 0 Å². The topological polar surface area (TPSA) is 25.8 Å². The van der Waals surface area contributed by atoms with Crippen molar-refractivity contribution in [1.29, 1.82) is 0 Å². The third-order valence-electron chi connectivity index (χ3n) is 7.79. The molecular weight excluding hydrogens is 465 g/mol. The number of hydrogen-bond acceptors (Lipinski definition) is 2. The molecule has 0 unspecified atom stereocenters. The lowest BCUT2D eigenvalue weighted by molar-refractivity contribution is 0.486. The van der Waals surface area contributed by atoms with Gasteiger partial charge in [0.2, 0.25) is 0 Å². The van der Waals surface area contributed by atoms with Gasteiger partial charge in [0.25, 0.3) is 0 Å². The van der Waals surface area contributed by atoms with Crippen LogP contribution < -0.4 is 21.0 Å². The minimum Gasteiger partial charge on any atom is -0.262 e. The molecule has 4 rings (SSSR count). The van der Waals surface area contributed by atoms with Gasteiger partial charge < -0.3 is 0 Å². The highest BCUT2D eigenvalue weighted by Crippen LogP contribution is 2.50. The van der Waals surface area contributed by atoms with Gasteiger partial charge in [-0.1, -0.05) is 90.7 Å². The number of aromatic nitrogens is 2. The van der Waals surface area contributed by atoms with E-state index in [1.54, 1.807) is 10.4 Å². The van der Waals surface area contributed by atoms with Crippen LogP contribution in [0.1, 0.15) is 35.4 Å². The zero-order valence-electron chi connectivity index (χ0n) is 23.4. The molecule has 0 fully saturated rings. The number of nitrogens with zero attached hydrogens (tertiary/aromatic N) is 2.